The van der Waals surface area contributed by atoms with Crippen LogP contribution < -0.4 is 10.1 Å². The summed E-state index contributed by atoms with van der Waals surface area (Å²) in [5.74, 6) is 1.60. The Kier molecular flexibility index (Phi) is 9.26. The minimum absolute atomic E-state index is 0.0872. The van der Waals surface area contributed by atoms with Crippen molar-refractivity contribution in [1.82, 2.24) is 4.90 Å². The van der Waals surface area contributed by atoms with E-state index in [2.05, 4.69) is 24.1 Å². The SMILES string of the molecule is CCCC[C@](C)(OCC)C(=O)Nc1ccc(OCCN2CCC(C)CC2)cc1. The highest BCUT2D eigenvalue weighted by Crippen LogP contribution is 2.23. The van der Waals surface area contributed by atoms with E-state index in [0.717, 1.165) is 43.2 Å². The fourth-order valence-corrected chi connectivity index (χ4v) is 3.56. The molecule has 1 aromatic rings. The number of ether oxygens (including phenoxy) is 2. The summed E-state index contributed by atoms with van der Waals surface area (Å²) in [5.41, 5.74) is -0.0175. The van der Waals surface area contributed by atoms with E-state index in [1.54, 1.807) is 0 Å². The number of benzene rings is 1. The molecule has 1 amide bonds. The van der Waals surface area contributed by atoms with Gasteiger partial charge in [0.2, 0.25) is 0 Å². The summed E-state index contributed by atoms with van der Waals surface area (Å²) in [5, 5.41) is 2.99. The van der Waals surface area contributed by atoms with Gasteiger partial charge in [0.25, 0.3) is 5.91 Å². The normalized spacial score (nSPS) is 17.9. The molecule has 2 rings (SSSR count). The van der Waals surface area contributed by atoms with Crippen LogP contribution in [0.4, 0.5) is 5.69 Å². The number of hydrogen-bond acceptors (Lipinski definition) is 4. The van der Waals surface area contributed by atoms with E-state index in [0.29, 0.717) is 13.2 Å². The van der Waals surface area contributed by atoms with E-state index < -0.39 is 5.60 Å². The van der Waals surface area contributed by atoms with Crippen LogP contribution in [0.5, 0.6) is 5.75 Å². The quantitative estimate of drug-likeness (QED) is 0.594. The van der Waals surface area contributed by atoms with Crippen LogP contribution in [-0.2, 0) is 9.53 Å². The number of carbonyl (C=O) groups excluding carboxylic acids is 1. The van der Waals surface area contributed by atoms with Gasteiger partial charge < -0.3 is 14.8 Å². The van der Waals surface area contributed by atoms with Gasteiger partial charge in [-0.1, -0.05) is 26.7 Å². The molecule has 0 bridgehead atoms. The summed E-state index contributed by atoms with van der Waals surface area (Å²) < 4.78 is 11.6. The second kappa shape index (κ2) is 11.4. The van der Waals surface area contributed by atoms with Crippen LogP contribution in [0.15, 0.2) is 24.3 Å². The number of anilines is 1. The van der Waals surface area contributed by atoms with E-state index in [4.69, 9.17) is 9.47 Å². The van der Waals surface area contributed by atoms with Crippen molar-refractivity contribution >= 4 is 11.6 Å². The summed E-state index contributed by atoms with van der Waals surface area (Å²) in [4.78, 5) is 15.2. The summed E-state index contributed by atoms with van der Waals surface area (Å²) >= 11 is 0. The van der Waals surface area contributed by atoms with Gasteiger partial charge in [-0.25, -0.2) is 0 Å². The molecule has 0 aromatic heterocycles. The summed E-state index contributed by atoms with van der Waals surface area (Å²) in [6.07, 6.45) is 5.30. The lowest BCUT2D eigenvalue weighted by atomic mass is 9.97. The van der Waals surface area contributed by atoms with Gasteiger partial charge in [0.1, 0.15) is 18.0 Å². The Labute approximate surface area is 170 Å². The molecule has 0 radical (unpaired) electrons. The third-order valence-corrected chi connectivity index (χ3v) is 5.62. The fourth-order valence-electron chi connectivity index (χ4n) is 3.56. The van der Waals surface area contributed by atoms with Gasteiger partial charge in [-0.2, -0.15) is 0 Å². The zero-order valence-corrected chi connectivity index (χ0v) is 18.1. The molecule has 5 heteroatoms. The molecule has 1 fully saturated rings. The third-order valence-electron chi connectivity index (χ3n) is 5.62. The van der Waals surface area contributed by atoms with Gasteiger partial charge in [-0.15, -0.1) is 0 Å². The average molecular weight is 391 g/mol. The largest absolute Gasteiger partial charge is 0.492 e. The van der Waals surface area contributed by atoms with Gasteiger partial charge in [0.05, 0.1) is 0 Å². The smallest absolute Gasteiger partial charge is 0.256 e. The number of piperidine rings is 1. The first-order valence-electron chi connectivity index (χ1n) is 10.9. The molecular weight excluding hydrogens is 352 g/mol. The lowest BCUT2D eigenvalue weighted by molar-refractivity contribution is -0.139. The van der Waals surface area contributed by atoms with E-state index in [1.807, 2.05) is 38.1 Å². The highest BCUT2D eigenvalue weighted by atomic mass is 16.5. The predicted octanol–water partition coefficient (Wildman–Crippen LogP) is 4.72. The molecule has 158 valence electrons. The van der Waals surface area contributed by atoms with Crippen molar-refractivity contribution in [2.75, 3.05) is 38.2 Å². The molecule has 28 heavy (non-hydrogen) atoms. The highest BCUT2D eigenvalue weighted by molar-refractivity contribution is 5.97. The molecule has 1 heterocycles. The third kappa shape index (κ3) is 7.10. The van der Waals surface area contributed by atoms with Crippen LogP contribution in [0.3, 0.4) is 0 Å². The van der Waals surface area contributed by atoms with E-state index >= 15 is 0 Å². The predicted molar refractivity (Wildman–Crippen MR) is 115 cm³/mol. The Morgan fingerprint density at radius 3 is 2.50 bits per heavy atom. The van der Waals surface area contributed by atoms with Crippen molar-refractivity contribution in [3.05, 3.63) is 24.3 Å². The Bertz CT molecular complexity index is 582. The first-order chi connectivity index (χ1) is 13.5. The van der Waals surface area contributed by atoms with Gasteiger partial charge in [0, 0.05) is 18.8 Å². The summed E-state index contributed by atoms with van der Waals surface area (Å²) in [7, 11) is 0. The maximum atomic E-state index is 12.7. The van der Waals surface area contributed by atoms with Crippen molar-refractivity contribution < 1.29 is 14.3 Å². The van der Waals surface area contributed by atoms with Crippen LogP contribution in [0.1, 0.15) is 59.8 Å². The Morgan fingerprint density at radius 1 is 1.21 bits per heavy atom. The maximum Gasteiger partial charge on any atom is 0.256 e. The number of amides is 1. The molecule has 0 aliphatic carbocycles. The zero-order valence-electron chi connectivity index (χ0n) is 18.1. The van der Waals surface area contributed by atoms with Crippen molar-refractivity contribution in [2.24, 2.45) is 5.92 Å². The number of nitrogens with one attached hydrogen (secondary N) is 1. The lowest BCUT2D eigenvalue weighted by Gasteiger charge is -2.29. The molecule has 1 saturated heterocycles. The van der Waals surface area contributed by atoms with Crippen LogP contribution in [0, 0.1) is 5.92 Å². The van der Waals surface area contributed by atoms with Crippen molar-refractivity contribution in [1.29, 1.82) is 0 Å². The number of carbonyl (C=O) groups is 1. The topological polar surface area (TPSA) is 50.8 Å². The van der Waals surface area contributed by atoms with E-state index in [1.165, 1.54) is 25.9 Å². The number of hydrogen-bond donors (Lipinski definition) is 1. The molecule has 1 aliphatic heterocycles. The molecule has 1 atom stereocenters. The maximum absolute atomic E-state index is 12.7. The van der Waals surface area contributed by atoms with Crippen LogP contribution in [0.2, 0.25) is 0 Å². The average Bonchev–Trinajstić information content (AvgIpc) is 2.69. The first kappa shape index (κ1) is 22.7. The minimum atomic E-state index is -0.786. The standard InChI is InChI=1S/C23H38N2O3/c1-5-7-14-23(4,28-6-2)22(26)24-20-8-10-21(11-9-20)27-18-17-25-15-12-19(3)13-16-25/h8-11,19H,5-7,12-18H2,1-4H3,(H,24,26)/t23-/m0/s1. The number of nitrogens with zero attached hydrogens (tertiary/aromatic N) is 1. The first-order valence-corrected chi connectivity index (χ1v) is 10.9. The van der Waals surface area contributed by atoms with Gasteiger partial charge in [-0.05, 0) is 76.4 Å². The highest BCUT2D eigenvalue weighted by Gasteiger charge is 2.33. The van der Waals surface area contributed by atoms with Gasteiger partial charge in [-0.3, -0.25) is 9.69 Å². The summed E-state index contributed by atoms with van der Waals surface area (Å²) in [6, 6.07) is 7.61. The molecule has 1 N–H and O–H groups in total. The molecule has 1 aliphatic rings. The Hall–Kier alpha value is -1.59. The van der Waals surface area contributed by atoms with Crippen LogP contribution in [0.25, 0.3) is 0 Å². The van der Waals surface area contributed by atoms with Crippen LogP contribution in [-0.4, -0.2) is 49.3 Å². The van der Waals surface area contributed by atoms with Crippen molar-refractivity contribution in [3.8, 4) is 5.75 Å². The van der Waals surface area contributed by atoms with Crippen molar-refractivity contribution in [2.45, 2.75) is 65.4 Å². The van der Waals surface area contributed by atoms with Crippen molar-refractivity contribution in [3.63, 3.8) is 0 Å². The molecular formula is C23H38N2O3. The second-order valence-corrected chi connectivity index (χ2v) is 8.12. The van der Waals surface area contributed by atoms with E-state index in [-0.39, 0.29) is 5.91 Å². The Morgan fingerprint density at radius 2 is 1.89 bits per heavy atom. The number of unbranched alkanes of at least 4 members (excludes halogenated alkanes) is 1. The molecule has 0 spiro atoms. The molecule has 5 nitrogen and oxygen atoms in total. The minimum Gasteiger partial charge on any atom is -0.492 e. The Balaban J connectivity index is 1.80. The van der Waals surface area contributed by atoms with Crippen LogP contribution >= 0.6 is 0 Å². The molecule has 0 unspecified atom stereocenters. The summed E-state index contributed by atoms with van der Waals surface area (Å²) in [6.45, 7) is 12.8. The second-order valence-electron chi connectivity index (χ2n) is 8.12. The van der Waals surface area contributed by atoms with Gasteiger partial charge in [0.15, 0.2) is 0 Å². The number of likely N-dealkylation sites (tertiary alicyclic amines) is 1. The fraction of sp³-hybridized carbons (Fsp3) is 0.696. The van der Waals surface area contributed by atoms with Gasteiger partial charge >= 0.3 is 0 Å². The zero-order chi connectivity index (χ0) is 20.4. The van der Waals surface area contributed by atoms with E-state index in [9.17, 15) is 4.79 Å². The lowest BCUT2D eigenvalue weighted by Crippen LogP contribution is -2.42. The monoisotopic (exact) mass is 390 g/mol. The molecule has 0 saturated carbocycles. The number of rotatable bonds is 11. The molecule has 1 aromatic carbocycles.